The maximum Gasteiger partial charge on any atom is 0.148 e. The number of nitrogens with zero attached hydrogens (tertiary/aromatic N) is 2. The molecule has 0 aromatic carbocycles. The van der Waals surface area contributed by atoms with Gasteiger partial charge in [0.15, 0.2) is 0 Å². The second kappa shape index (κ2) is 4.13. The molecule has 1 heterocycles. The first-order valence-electron chi connectivity index (χ1n) is 3.42. The quantitative estimate of drug-likeness (QED) is 0.700. The predicted molar refractivity (Wildman–Crippen MR) is 46.0 cm³/mol. The van der Waals surface area contributed by atoms with Crippen molar-refractivity contribution < 1.29 is 0 Å². The number of hydrogen-bond acceptors (Lipinski definition) is 3. The number of nitrogens with one attached hydrogen (secondary N) is 1. The Morgan fingerprint density at radius 3 is 3.09 bits per heavy atom. The summed E-state index contributed by atoms with van der Waals surface area (Å²) in [4.78, 5) is 0. The maximum atomic E-state index is 5.48. The van der Waals surface area contributed by atoms with Crippen LogP contribution in [0.2, 0.25) is 0 Å². The summed E-state index contributed by atoms with van der Waals surface area (Å²) in [5, 5.41) is 10.7. The minimum Gasteiger partial charge on any atom is -0.367 e. The molecule has 1 N–H and O–H groups in total. The van der Waals surface area contributed by atoms with E-state index in [9.17, 15) is 0 Å². The first kappa shape index (κ1) is 8.27. The van der Waals surface area contributed by atoms with Gasteiger partial charge in [-0.1, -0.05) is 0 Å². The van der Waals surface area contributed by atoms with Crippen LogP contribution in [0.3, 0.4) is 0 Å². The van der Waals surface area contributed by atoms with Gasteiger partial charge in [0, 0.05) is 12.4 Å². The average molecular weight is 172 g/mol. The molecule has 1 aromatic rings. The molecule has 0 spiro atoms. The second-order valence-electron chi connectivity index (χ2n) is 2.23. The molecular weight excluding hydrogens is 162 g/mol. The highest BCUT2D eigenvalue weighted by Gasteiger charge is 1.92. The highest BCUT2D eigenvalue weighted by molar-refractivity contribution is 6.18. The first-order chi connectivity index (χ1) is 5.33. The van der Waals surface area contributed by atoms with Crippen LogP contribution in [0, 0.1) is 6.92 Å². The Kier molecular flexibility index (Phi) is 3.11. The van der Waals surface area contributed by atoms with Crippen molar-refractivity contribution in [3.8, 4) is 0 Å². The normalized spacial score (nSPS) is 9.64. The molecule has 1 rings (SSSR count). The molecule has 0 aliphatic rings. The lowest BCUT2D eigenvalue weighted by Crippen LogP contribution is -2.04. The fraction of sp³-hybridized carbons (Fsp3) is 0.429. The van der Waals surface area contributed by atoms with Crippen LogP contribution < -0.4 is 5.32 Å². The van der Waals surface area contributed by atoms with Crippen LogP contribution in [0.4, 0.5) is 5.82 Å². The predicted octanol–water partition coefficient (Wildman–Crippen LogP) is 1.44. The van der Waals surface area contributed by atoms with Crippen molar-refractivity contribution in [1.29, 1.82) is 0 Å². The summed E-state index contributed by atoms with van der Waals surface area (Å²) in [5.74, 6) is 1.36. The van der Waals surface area contributed by atoms with Gasteiger partial charge in [0.05, 0.1) is 6.20 Å². The van der Waals surface area contributed by atoms with E-state index in [1.807, 2.05) is 13.0 Å². The largest absolute Gasteiger partial charge is 0.367 e. The number of hydrogen-bond donors (Lipinski definition) is 1. The van der Waals surface area contributed by atoms with Gasteiger partial charge in [-0.2, -0.15) is 5.10 Å². The fourth-order valence-corrected chi connectivity index (χ4v) is 0.820. The van der Waals surface area contributed by atoms with E-state index in [0.717, 1.165) is 17.9 Å². The lowest BCUT2D eigenvalue weighted by molar-refractivity contribution is 0.999. The Balaban J connectivity index is 2.56. The number of rotatable bonds is 3. The molecule has 0 aliphatic carbocycles. The molecule has 0 fully saturated rings. The molecule has 1 aromatic heterocycles. The minimum absolute atomic E-state index is 0.579. The highest BCUT2D eigenvalue weighted by atomic mass is 35.5. The summed E-state index contributed by atoms with van der Waals surface area (Å²) in [7, 11) is 0. The molecular formula is C7H10ClN3. The lowest BCUT2D eigenvalue weighted by atomic mass is 10.3. The fourth-order valence-electron chi connectivity index (χ4n) is 0.726. The van der Waals surface area contributed by atoms with Gasteiger partial charge >= 0.3 is 0 Å². The maximum absolute atomic E-state index is 5.48. The molecule has 0 saturated heterocycles. The van der Waals surface area contributed by atoms with E-state index in [0.29, 0.717) is 5.88 Å². The number of halogens is 1. The third-order valence-corrected chi connectivity index (χ3v) is 1.38. The van der Waals surface area contributed by atoms with Gasteiger partial charge < -0.3 is 5.32 Å². The van der Waals surface area contributed by atoms with Crippen LogP contribution in [0.15, 0.2) is 12.3 Å². The van der Waals surface area contributed by atoms with Crippen LogP contribution >= 0.6 is 11.6 Å². The Morgan fingerprint density at radius 1 is 1.64 bits per heavy atom. The van der Waals surface area contributed by atoms with Crippen molar-refractivity contribution in [2.75, 3.05) is 17.7 Å². The zero-order chi connectivity index (χ0) is 8.10. The van der Waals surface area contributed by atoms with Gasteiger partial charge in [0.2, 0.25) is 0 Å². The second-order valence-corrected chi connectivity index (χ2v) is 2.61. The zero-order valence-electron chi connectivity index (χ0n) is 6.34. The SMILES string of the molecule is Cc1cnnc(NCCCl)c1. The zero-order valence-corrected chi connectivity index (χ0v) is 7.10. The number of aromatic nitrogens is 2. The van der Waals surface area contributed by atoms with E-state index in [4.69, 9.17) is 11.6 Å². The topological polar surface area (TPSA) is 37.8 Å². The van der Waals surface area contributed by atoms with E-state index >= 15 is 0 Å². The van der Waals surface area contributed by atoms with Crippen molar-refractivity contribution in [2.45, 2.75) is 6.92 Å². The molecule has 0 aliphatic heterocycles. The van der Waals surface area contributed by atoms with Crippen LogP contribution in [0.5, 0.6) is 0 Å². The van der Waals surface area contributed by atoms with Gasteiger partial charge in [-0.15, -0.1) is 16.7 Å². The summed E-state index contributed by atoms with van der Waals surface area (Å²) >= 11 is 5.48. The molecule has 3 nitrogen and oxygen atoms in total. The molecule has 0 unspecified atom stereocenters. The minimum atomic E-state index is 0.579. The van der Waals surface area contributed by atoms with E-state index in [2.05, 4.69) is 15.5 Å². The molecule has 4 heteroatoms. The Labute approximate surface area is 70.8 Å². The van der Waals surface area contributed by atoms with Gasteiger partial charge in [-0.05, 0) is 18.6 Å². The summed E-state index contributed by atoms with van der Waals surface area (Å²) in [5.41, 5.74) is 1.09. The van der Waals surface area contributed by atoms with E-state index in [1.165, 1.54) is 0 Å². The third kappa shape index (κ3) is 2.72. The van der Waals surface area contributed by atoms with Crippen molar-refractivity contribution in [3.63, 3.8) is 0 Å². The molecule has 11 heavy (non-hydrogen) atoms. The standard InChI is InChI=1S/C7H10ClN3/c1-6-4-7(9-3-2-8)11-10-5-6/h4-5H,2-3H2,1H3,(H,9,11). The Morgan fingerprint density at radius 2 is 2.45 bits per heavy atom. The van der Waals surface area contributed by atoms with Crippen LogP contribution in [0.1, 0.15) is 5.56 Å². The lowest BCUT2D eigenvalue weighted by Gasteiger charge is -2.01. The van der Waals surface area contributed by atoms with Crippen LogP contribution in [0.25, 0.3) is 0 Å². The highest BCUT2D eigenvalue weighted by Crippen LogP contribution is 2.01. The first-order valence-corrected chi connectivity index (χ1v) is 3.95. The van der Waals surface area contributed by atoms with Crippen molar-refractivity contribution in [3.05, 3.63) is 17.8 Å². The van der Waals surface area contributed by atoms with Crippen LogP contribution in [-0.4, -0.2) is 22.6 Å². The monoisotopic (exact) mass is 171 g/mol. The molecule has 0 amide bonds. The van der Waals surface area contributed by atoms with E-state index < -0.39 is 0 Å². The number of anilines is 1. The van der Waals surface area contributed by atoms with E-state index in [1.54, 1.807) is 6.20 Å². The van der Waals surface area contributed by atoms with Gasteiger partial charge in [0.25, 0.3) is 0 Å². The van der Waals surface area contributed by atoms with Gasteiger partial charge in [-0.3, -0.25) is 0 Å². The Hall–Kier alpha value is -0.830. The Bertz CT molecular complexity index is 227. The van der Waals surface area contributed by atoms with Crippen LogP contribution in [-0.2, 0) is 0 Å². The molecule has 0 atom stereocenters. The summed E-state index contributed by atoms with van der Waals surface area (Å²) in [6, 6.07) is 1.93. The molecule has 0 bridgehead atoms. The van der Waals surface area contributed by atoms with Crippen molar-refractivity contribution in [1.82, 2.24) is 10.2 Å². The third-order valence-electron chi connectivity index (χ3n) is 1.19. The van der Waals surface area contributed by atoms with Gasteiger partial charge in [0.1, 0.15) is 5.82 Å². The molecule has 0 radical (unpaired) electrons. The number of alkyl halides is 1. The van der Waals surface area contributed by atoms with Crippen molar-refractivity contribution >= 4 is 17.4 Å². The molecule has 60 valence electrons. The molecule has 0 saturated carbocycles. The van der Waals surface area contributed by atoms with E-state index in [-0.39, 0.29) is 0 Å². The summed E-state index contributed by atoms with van der Waals surface area (Å²) in [6.07, 6.45) is 1.71. The summed E-state index contributed by atoms with van der Waals surface area (Å²) in [6.45, 7) is 2.69. The van der Waals surface area contributed by atoms with Crippen molar-refractivity contribution in [2.24, 2.45) is 0 Å². The number of aryl methyl sites for hydroxylation is 1. The summed E-state index contributed by atoms with van der Waals surface area (Å²) < 4.78 is 0. The van der Waals surface area contributed by atoms with Gasteiger partial charge in [-0.25, -0.2) is 0 Å². The smallest absolute Gasteiger partial charge is 0.148 e. The average Bonchev–Trinajstić information content (AvgIpc) is 2.01.